The minimum Gasteiger partial charge on any atom is -0.456 e. The van der Waals surface area contributed by atoms with Crippen molar-refractivity contribution >= 4 is 65.0 Å². The largest absolute Gasteiger partial charge is 0.456 e. The first-order chi connectivity index (χ1) is 29.8. The van der Waals surface area contributed by atoms with Gasteiger partial charge in [0.05, 0.1) is 5.41 Å². The number of fused-ring (bicyclic) bond motifs is 19. The second-order valence-corrected chi connectivity index (χ2v) is 16.7. The molecule has 14 rings (SSSR count). The van der Waals surface area contributed by atoms with Gasteiger partial charge in [0.25, 0.3) is 0 Å². The Morgan fingerprint density at radius 2 is 0.850 bits per heavy atom. The van der Waals surface area contributed by atoms with Gasteiger partial charge in [0.1, 0.15) is 11.2 Å². The second-order valence-electron chi connectivity index (χ2n) is 16.7. The van der Waals surface area contributed by atoms with Crippen LogP contribution in [0.2, 0.25) is 0 Å². The highest BCUT2D eigenvalue weighted by molar-refractivity contribution is 6.21. The lowest BCUT2D eigenvalue weighted by molar-refractivity contribution is 0.669. The third-order valence-electron chi connectivity index (χ3n) is 13.8. The van der Waals surface area contributed by atoms with Gasteiger partial charge in [-0.3, -0.25) is 0 Å². The molecule has 276 valence electrons. The maximum Gasteiger partial charge on any atom is 0.135 e. The van der Waals surface area contributed by atoms with E-state index in [2.05, 4.69) is 200 Å². The molecular formula is C59H34O. The summed E-state index contributed by atoms with van der Waals surface area (Å²) in [7, 11) is 0. The molecule has 1 spiro atoms. The predicted octanol–water partition coefficient (Wildman–Crippen LogP) is 15.9. The molecule has 2 aliphatic rings. The molecule has 0 atom stereocenters. The maximum absolute atomic E-state index is 6.36. The third kappa shape index (κ3) is 4.06. The molecule has 0 saturated carbocycles. The van der Waals surface area contributed by atoms with Crippen LogP contribution in [0.15, 0.2) is 211 Å². The smallest absolute Gasteiger partial charge is 0.135 e. The highest BCUT2D eigenvalue weighted by Crippen LogP contribution is 2.65. The van der Waals surface area contributed by atoms with Crippen molar-refractivity contribution in [2.45, 2.75) is 5.41 Å². The van der Waals surface area contributed by atoms with E-state index < -0.39 is 5.41 Å². The Balaban J connectivity index is 1.16. The lowest BCUT2D eigenvalue weighted by Gasteiger charge is -2.32. The summed E-state index contributed by atoms with van der Waals surface area (Å²) < 4.78 is 6.36. The Kier molecular flexibility index (Phi) is 6.28. The zero-order valence-corrected chi connectivity index (χ0v) is 32.5. The van der Waals surface area contributed by atoms with Gasteiger partial charge in [0, 0.05) is 10.8 Å². The summed E-state index contributed by atoms with van der Waals surface area (Å²) >= 11 is 0. The number of benzene rings is 11. The second kappa shape index (κ2) is 11.7. The molecular weight excluding hydrogens is 725 g/mol. The van der Waals surface area contributed by atoms with Gasteiger partial charge in [-0.05, 0) is 146 Å². The molecule has 1 aromatic heterocycles. The van der Waals surface area contributed by atoms with Gasteiger partial charge in [-0.1, -0.05) is 170 Å². The van der Waals surface area contributed by atoms with Gasteiger partial charge in [0.15, 0.2) is 0 Å². The van der Waals surface area contributed by atoms with Gasteiger partial charge >= 0.3 is 0 Å². The van der Waals surface area contributed by atoms with Crippen molar-refractivity contribution in [3.05, 3.63) is 229 Å². The van der Waals surface area contributed by atoms with Crippen molar-refractivity contribution in [3.63, 3.8) is 0 Å². The van der Waals surface area contributed by atoms with E-state index in [4.69, 9.17) is 4.42 Å². The molecule has 0 amide bonds. The number of furan rings is 1. The van der Waals surface area contributed by atoms with Crippen molar-refractivity contribution < 1.29 is 4.42 Å². The van der Waals surface area contributed by atoms with Gasteiger partial charge in [0.2, 0.25) is 0 Å². The van der Waals surface area contributed by atoms with Gasteiger partial charge in [-0.2, -0.15) is 0 Å². The Labute approximate surface area is 346 Å². The number of para-hydroxylation sites is 1. The van der Waals surface area contributed by atoms with E-state index >= 15 is 0 Å². The molecule has 60 heavy (non-hydrogen) atoms. The first kappa shape index (κ1) is 32.2. The molecule has 0 bridgehead atoms. The highest BCUT2D eigenvalue weighted by atomic mass is 16.3. The number of hydrogen-bond acceptors (Lipinski definition) is 1. The standard InChI is InChI=1S/C59H34O/c1-3-15-40-35(13-1)27-29-45-49(40)32-36-14-2-4-16-41(36)56(45)39-26-25-38-31-47(37-28-30-55-50(33-37)44-19-8-12-24-54(44)60-55)57-46-20-7-11-23-53(46)59(58(57)48(38)34-39)51-21-9-5-17-42(51)43-18-6-10-22-52(43)59/h1-34H. The molecule has 0 N–H and O–H groups in total. The molecule has 2 aliphatic carbocycles. The quantitative estimate of drug-likeness (QED) is 0.126. The molecule has 0 aliphatic heterocycles. The van der Waals surface area contributed by atoms with E-state index in [1.165, 1.54) is 110 Å². The molecule has 1 heterocycles. The summed E-state index contributed by atoms with van der Waals surface area (Å²) in [4.78, 5) is 0. The van der Waals surface area contributed by atoms with Crippen molar-refractivity contribution in [2.75, 3.05) is 0 Å². The fourth-order valence-electron chi connectivity index (χ4n) is 11.4. The highest BCUT2D eigenvalue weighted by Gasteiger charge is 2.53. The lowest BCUT2D eigenvalue weighted by atomic mass is 9.69. The van der Waals surface area contributed by atoms with Gasteiger partial charge < -0.3 is 4.42 Å². The van der Waals surface area contributed by atoms with E-state index in [9.17, 15) is 0 Å². The number of hydrogen-bond donors (Lipinski definition) is 0. The van der Waals surface area contributed by atoms with Crippen LogP contribution in [0.4, 0.5) is 0 Å². The predicted molar refractivity (Wildman–Crippen MR) is 251 cm³/mol. The van der Waals surface area contributed by atoms with Crippen molar-refractivity contribution in [1.82, 2.24) is 0 Å². The van der Waals surface area contributed by atoms with E-state index in [0.29, 0.717) is 0 Å². The Morgan fingerprint density at radius 3 is 1.65 bits per heavy atom. The first-order valence-corrected chi connectivity index (χ1v) is 20.9. The van der Waals surface area contributed by atoms with Crippen molar-refractivity contribution in [2.24, 2.45) is 0 Å². The Hall–Kier alpha value is -7.74. The lowest BCUT2D eigenvalue weighted by Crippen LogP contribution is -2.26. The van der Waals surface area contributed by atoms with Gasteiger partial charge in [-0.15, -0.1) is 0 Å². The molecule has 1 heteroatoms. The monoisotopic (exact) mass is 758 g/mol. The van der Waals surface area contributed by atoms with Crippen LogP contribution in [0.1, 0.15) is 22.3 Å². The fraction of sp³-hybridized carbons (Fsp3) is 0.0169. The zero-order chi connectivity index (χ0) is 39.1. The Bertz CT molecular complexity index is 3800. The Morgan fingerprint density at radius 1 is 0.283 bits per heavy atom. The summed E-state index contributed by atoms with van der Waals surface area (Å²) in [6.07, 6.45) is 0. The normalized spacial score (nSPS) is 13.5. The van der Waals surface area contributed by atoms with E-state index in [1.807, 2.05) is 6.07 Å². The molecule has 11 aromatic carbocycles. The van der Waals surface area contributed by atoms with Gasteiger partial charge in [-0.25, -0.2) is 0 Å². The first-order valence-electron chi connectivity index (χ1n) is 20.9. The minimum atomic E-state index is -0.518. The molecule has 0 radical (unpaired) electrons. The topological polar surface area (TPSA) is 13.1 Å². The molecule has 12 aromatic rings. The molecule has 0 unspecified atom stereocenters. The average molecular weight is 759 g/mol. The summed E-state index contributed by atoms with van der Waals surface area (Å²) in [6, 6.07) is 77.1. The summed E-state index contributed by atoms with van der Waals surface area (Å²) in [5.41, 5.74) is 16.9. The number of rotatable bonds is 2. The fourth-order valence-corrected chi connectivity index (χ4v) is 11.4. The summed E-state index contributed by atoms with van der Waals surface area (Å²) in [5.74, 6) is 0. The van der Waals surface area contributed by atoms with Crippen LogP contribution in [0.5, 0.6) is 0 Å². The molecule has 0 saturated heterocycles. The van der Waals surface area contributed by atoms with Crippen LogP contribution in [-0.4, -0.2) is 0 Å². The van der Waals surface area contributed by atoms with Crippen LogP contribution in [0.25, 0.3) is 110 Å². The van der Waals surface area contributed by atoms with Crippen LogP contribution >= 0.6 is 0 Å². The summed E-state index contributed by atoms with van der Waals surface area (Å²) in [6.45, 7) is 0. The summed E-state index contributed by atoms with van der Waals surface area (Å²) in [5, 5.41) is 12.4. The van der Waals surface area contributed by atoms with Crippen LogP contribution < -0.4 is 0 Å². The van der Waals surface area contributed by atoms with Crippen LogP contribution in [0.3, 0.4) is 0 Å². The van der Waals surface area contributed by atoms with Crippen molar-refractivity contribution in [3.8, 4) is 44.5 Å². The van der Waals surface area contributed by atoms with E-state index in [-0.39, 0.29) is 0 Å². The van der Waals surface area contributed by atoms with E-state index in [1.54, 1.807) is 0 Å². The maximum atomic E-state index is 6.36. The SMILES string of the molecule is c1ccc2c(c1)-c1ccccc1C21c2ccccc2-c2c(-c3ccc4oc5ccccc5c4c3)cc3ccc(-c4c5ccccc5cc5c4ccc4ccccc45)cc3c21. The van der Waals surface area contributed by atoms with Crippen LogP contribution in [-0.2, 0) is 5.41 Å². The van der Waals surface area contributed by atoms with E-state index in [0.717, 1.165) is 21.9 Å². The minimum absolute atomic E-state index is 0.518. The average Bonchev–Trinajstić information content (AvgIpc) is 3.94. The third-order valence-corrected chi connectivity index (χ3v) is 13.8. The molecule has 1 nitrogen and oxygen atoms in total. The van der Waals surface area contributed by atoms with Crippen LogP contribution in [0, 0.1) is 0 Å². The van der Waals surface area contributed by atoms with Crippen molar-refractivity contribution in [1.29, 1.82) is 0 Å². The zero-order valence-electron chi connectivity index (χ0n) is 32.5. The molecule has 0 fully saturated rings.